The molecule has 0 spiro atoms. The number of morpholine rings is 1. The normalized spacial score (nSPS) is 15.7. The molecule has 2 aromatic heterocycles. The smallest absolute Gasteiger partial charge is 0.267 e. The van der Waals surface area contributed by atoms with E-state index in [0.717, 1.165) is 0 Å². The van der Waals surface area contributed by atoms with Crippen LogP contribution < -0.4 is 5.56 Å². The van der Waals surface area contributed by atoms with E-state index in [4.69, 9.17) is 9.15 Å². The summed E-state index contributed by atoms with van der Waals surface area (Å²) in [6.45, 7) is 5.47. The van der Waals surface area contributed by atoms with Gasteiger partial charge in [-0.2, -0.15) is 5.10 Å². The molecule has 0 saturated carbocycles. The fourth-order valence-corrected chi connectivity index (χ4v) is 2.61. The van der Waals surface area contributed by atoms with Gasteiger partial charge in [-0.3, -0.25) is 9.59 Å². The first-order valence-electron chi connectivity index (χ1n) is 7.52. The molecule has 2 aromatic rings. The molecule has 0 bridgehead atoms. The van der Waals surface area contributed by atoms with Gasteiger partial charge in [0.05, 0.1) is 19.5 Å². The third kappa shape index (κ3) is 2.92. The second-order valence-corrected chi connectivity index (χ2v) is 5.91. The molecule has 0 radical (unpaired) electrons. The molecule has 3 heterocycles. The molecule has 23 heavy (non-hydrogen) atoms. The number of hydrogen-bond donors (Lipinski definition) is 0. The Kier molecular flexibility index (Phi) is 4.04. The summed E-state index contributed by atoms with van der Waals surface area (Å²) in [6, 6.07) is 6.50. The van der Waals surface area contributed by atoms with Crippen LogP contribution >= 0.6 is 0 Å². The minimum atomic E-state index is -1.09. The topological polar surface area (TPSA) is 77.6 Å². The van der Waals surface area contributed by atoms with E-state index >= 15 is 0 Å². The van der Waals surface area contributed by atoms with Crippen LogP contribution in [0.15, 0.2) is 39.7 Å². The predicted molar refractivity (Wildman–Crippen MR) is 82.9 cm³/mol. The molecular formula is C16H19N3O4. The highest BCUT2D eigenvalue weighted by atomic mass is 16.5. The van der Waals surface area contributed by atoms with E-state index in [1.54, 1.807) is 36.9 Å². The molecule has 0 aromatic carbocycles. The molecule has 1 aliphatic rings. The number of furan rings is 1. The van der Waals surface area contributed by atoms with Crippen LogP contribution in [0.5, 0.6) is 0 Å². The number of nitrogens with zero attached hydrogens (tertiary/aromatic N) is 3. The molecule has 7 nitrogen and oxygen atoms in total. The second kappa shape index (κ2) is 6.00. The summed E-state index contributed by atoms with van der Waals surface area (Å²) >= 11 is 0. The lowest BCUT2D eigenvalue weighted by Crippen LogP contribution is -2.54. The van der Waals surface area contributed by atoms with E-state index in [1.807, 2.05) is 0 Å². The van der Waals surface area contributed by atoms with Crippen LogP contribution in [0, 0.1) is 0 Å². The van der Waals surface area contributed by atoms with Crippen molar-refractivity contribution in [2.24, 2.45) is 0 Å². The van der Waals surface area contributed by atoms with E-state index in [2.05, 4.69) is 5.10 Å². The summed E-state index contributed by atoms with van der Waals surface area (Å²) in [5.74, 6) is 0.403. The highest BCUT2D eigenvalue weighted by Crippen LogP contribution is 2.20. The molecular weight excluding hydrogens is 298 g/mol. The van der Waals surface area contributed by atoms with Gasteiger partial charge in [-0.1, -0.05) is 0 Å². The Bertz CT molecular complexity index is 743. The van der Waals surface area contributed by atoms with Crippen molar-refractivity contribution < 1.29 is 13.9 Å². The Hall–Kier alpha value is -2.41. The number of carbonyl (C=O) groups is 1. The summed E-state index contributed by atoms with van der Waals surface area (Å²) in [5, 5.41) is 4.33. The van der Waals surface area contributed by atoms with Gasteiger partial charge in [0.2, 0.25) is 5.91 Å². The van der Waals surface area contributed by atoms with Crippen molar-refractivity contribution in [3.05, 3.63) is 40.9 Å². The fourth-order valence-electron chi connectivity index (χ4n) is 2.61. The van der Waals surface area contributed by atoms with Crippen LogP contribution in [-0.2, 0) is 15.1 Å². The third-order valence-corrected chi connectivity index (χ3v) is 3.93. The average molecular weight is 317 g/mol. The van der Waals surface area contributed by atoms with Crippen molar-refractivity contribution in [2.75, 3.05) is 26.3 Å². The molecule has 122 valence electrons. The lowest BCUT2D eigenvalue weighted by molar-refractivity contribution is -0.144. The Morgan fingerprint density at radius 2 is 1.96 bits per heavy atom. The van der Waals surface area contributed by atoms with Crippen molar-refractivity contribution in [1.29, 1.82) is 0 Å². The number of ether oxygens (including phenoxy) is 1. The number of rotatable bonds is 3. The van der Waals surface area contributed by atoms with Gasteiger partial charge in [0, 0.05) is 19.2 Å². The molecule has 0 atom stereocenters. The average Bonchev–Trinajstić information content (AvgIpc) is 3.09. The van der Waals surface area contributed by atoms with Crippen LogP contribution in [-0.4, -0.2) is 46.9 Å². The molecule has 0 unspecified atom stereocenters. The van der Waals surface area contributed by atoms with E-state index in [-0.39, 0.29) is 11.5 Å². The fraction of sp³-hybridized carbons (Fsp3) is 0.438. The summed E-state index contributed by atoms with van der Waals surface area (Å²) in [7, 11) is 0. The first-order valence-corrected chi connectivity index (χ1v) is 7.52. The quantitative estimate of drug-likeness (QED) is 0.847. The van der Waals surface area contributed by atoms with Crippen LogP contribution in [0.1, 0.15) is 13.8 Å². The minimum Gasteiger partial charge on any atom is -0.463 e. The first-order chi connectivity index (χ1) is 11.0. The number of hydrogen-bond acceptors (Lipinski definition) is 5. The Morgan fingerprint density at radius 1 is 1.22 bits per heavy atom. The van der Waals surface area contributed by atoms with Crippen LogP contribution in [0.3, 0.4) is 0 Å². The molecule has 1 saturated heterocycles. The molecule has 1 amide bonds. The second-order valence-electron chi connectivity index (χ2n) is 5.91. The maximum Gasteiger partial charge on any atom is 0.267 e. The van der Waals surface area contributed by atoms with Crippen LogP contribution in [0.4, 0.5) is 0 Å². The Morgan fingerprint density at radius 3 is 2.61 bits per heavy atom. The van der Waals surface area contributed by atoms with Crippen molar-refractivity contribution in [3.63, 3.8) is 0 Å². The van der Waals surface area contributed by atoms with Gasteiger partial charge in [0.25, 0.3) is 5.56 Å². The van der Waals surface area contributed by atoms with Gasteiger partial charge >= 0.3 is 0 Å². The van der Waals surface area contributed by atoms with Gasteiger partial charge in [-0.15, -0.1) is 0 Å². The van der Waals surface area contributed by atoms with E-state index in [9.17, 15) is 9.59 Å². The third-order valence-electron chi connectivity index (χ3n) is 3.93. The van der Waals surface area contributed by atoms with Gasteiger partial charge < -0.3 is 14.1 Å². The van der Waals surface area contributed by atoms with E-state index in [1.165, 1.54) is 17.0 Å². The largest absolute Gasteiger partial charge is 0.463 e. The monoisotopic (exact) mass is 317 g/mol. The molecule has 0 aliphatic carbocycles. The van der Waals surface area contributed by atoms with Crippen LogP contribution in [0.2, 0.25) is 0 Å². The number of carbonyl (C=O) groups excluding carboxylic acids is 1. The van der Waals surface area contributed by atoms with Crippen LogP contribution in [0.25, 0.3) is 11.5 Å². The SMILES string of the molecule is CC(C)(C(=O)N1CCOCC1)n1nc(-c2ccco2)ccc1=O. The predicted octanol–water partition coefficient (Wildman–Crippen LogP) is 1.10. The Labute approximate surface area is 133 Å². The molecule has 1 fully saturated rings. The van der Waals surface area contributed by atoms with Crippen molar-refractivity contribution in [3.8, 4) is 11.5 Å². The molecule has 1 aliphatic heterocycles. The van der Waals surface area contributed by atoms with Crippen molar-refractivity contribution in [2.45, 2.75) is 19.4 Å². The minimum absolute atomic E-state index is 0.146. The van der Waals surface area contributed by atoms with Gasteiger partial charge in [0.15, 0.2) is 5.76 Å². The lowest BCUT2D eigenvalue weighted by Gasteiger charge is -2.34. The van der Waals surface area contributed by atoms with Gasteiger partial charge in [-0.05, 0) is 32.0 Å². The summed E-state index contributed by atoms with van der Waals surface area (Å²) in [6.07, 6.45) is 1.54. The zero-order valence-corrected chi connectivity index (χ0v) is 13.2. The highest BCUT2D eigenvalue weighted by Gasteiger charge is 2.36. The summed E-state index contributed by atoms with van der Waals surface area (Å²) in [4.78, 5) is 26.8. The van der Waals surface area contributed by atoms with Gasteiger partial charge in [0.1, 0.15) is 11.2 Å². The zero-order chi connectivity index (χ0) is 16.4. The zero-order valence-electron chi connectivity index (χ0n) is 13.2. The molecule has 7 heteroatoms. The highest BCUT2D eigenvalue weighted by molar-refractivity contribution is 5.83. The molecule has 3 rings (SSSR count). The number of amides is 1. The summed E-state index contributed by atoms with van der Waals surface area (Å²) < 4.78 is 11.8. The maximum absolute atomic E-state index is 12.8. The molecule has 0 N–H and O–H groups in total. The van der Waals surface area contributed by atoms with E-state index < -0.39 is 5.54 Å². The standard InChI is InChI=1S/C16H19N3O4/c1-16(2,15(21)18-7-10-22-11-8-18)19-14(20)6-5-12(17-19)13-4-3-9-23-13/h3-6,9H,7-8,10-11H2,1-2H3. The van der Waals surface area contributed by atoms with Gasteiger partial charge in [-0.25, -0.2) is 4.68 Å². The summed E-state index contributed by atoms with van der Waals surface area (Å²) in [5.41, 5.74) is -0.902. The van der Waals surface area contributed by atoms with Crippen molar-refractivity contribution in [1.82, 2.24) is 14.7 Å². The Balaban J connectivity index is 1.97. The van der Waals surface area contributed by atoms with Crippen molar-refractivity contribution >= 4 is 5.91 Å². The van der Waals surface area contributed by atoms with E-state index in [0.29, 0.717) is 37.8 Å². The number of aromatic nitrogens is 2. The maximum atomic E-state index is 12.8. The lowest BCUT2D eigenvalue weighted by atomic mass is 10.0. The first kappa shape index (κ1) is 15.5.